The van der Waals surface area contributed by atoms with Gasteiger partial charge in [0.05, 0.1) is 11.2 Å². The van der Waals surface area contributed by atoms with E-state index in [1.165, 1.54) is 0 Å². The lowest BCUT2D eigenvalue weighted by atomic mass is 10.2. The van der Waals surface area contributed by atoms with Crippen LogP contribution in [0.2, 0.25) is 0 Å². The van der Waals surface area contributed by atoms with Crippen molar-refractivity contribution in [2.24, 2.45) is 0 Å². The zero-order chi connectivity index (χ0) is 20.1. The third kappa shape index (κ3) is 4.30. The third-order valence-electron chi connectivity index (χ3n) is 4.34. The molecule has 0 saturated heterocycles. The number of nitrogens with zero attached hydrogens (tertiary/aromatic N) is 4. The van der Waals surface area contributed by atoms with Crippen LogP contribution in [0.4, 0.5) is 0 Å². The van der Waals surface area contributed by atoms with Crippen LogP contribution in [0.1, 0.15) is 23.8 Å². The van der Waals surface area contributed by atoms with E-state index in [2.05, 4.69) is 22.0 Å². The molecule has 0 aliphatic carbocycles. The lowest BCUT2D eigenvalue weighted by molar-refractivity contribution is 0.0705. The molecule has 1 aromatic carbocycles. The maximum absolute atomic E-state index is 10.8. The number of hydrogen-bond acceptors (Lipinski definition) is 6. The van der Waals surface area contributed by atoms with E-state index in [1.54, 1.807) is 29.2 Å². The van der Waals surface area contributed by atoms with Gasteiger partial charge < -0.3 is 9.47 Å². The summed E-state index contributed by atoms with van der Waals surface area (Å²) in [5.74, 6) is 1.13. The van der Waals surface area contributed by atoms with Gasteiger partial charge in [0.1, 0.15) is 18.2 Å². The highest BCUT2D eigenvalue weighted by Gasteiger charge is 2.08. The molecule has 0 spiro atoms. The largest absolute Gasteiger partial charge is 0.439 e. The van der Waals surface area contributed by atoms with Crippen LogP contribution >= 0.6 is 0 Å². The van der Waals surface area contributed by atoms with Crippen molar-refractivity contribution in [3.8, 4) is 22.9 Å². The molecule has 3 aromatic heterocycles. The molecule has 7 nitrogen and oxygen atoms in total. The smallest absolute Gasteiger partial charge is 0.219 e. The second-order valence-electron chi connectivity index (χ2n) is 6.45. The molecule has 29 heavy (non-hydrogen) atoms. The molecule has 0 atom stereocenters. The molecule has 7 heteroatoms. The Morgan fingerprint density at radius 3 is 2.83 bits per heavy atom. The highest BCUT2D eigenvalue weighted by molar-refractivity contribution is 5.84. The number of ether oxygens (including phenoxy) is 2. The normalized spacial score (nSPS) is 10.9. The summed E-state index contributed by atoms with van der Waals surface area (Å²) in [4.78, 5) is 19.5. The fraction of sp³-hybridized carbons (Fsp3) is 0.182. The molecular formula is C22H20N4O3. The molecule has 0 aliphatic rings. The topological polar surface area (TPSA) is 79.1 Å². The van der Waals surface area contributed by atoms with Gasteiger partial charge in [0.15, 0.2) is 6.29 Å². The third-order valence-corrected chi connectivity index (χ3v) is 4.34. The van der Waals surface area contributed by atoms with Crippen LogP contribution in [-0.2, 0) is 11.5 Å². The predicted octanol–water partition coefficient (Wildman–Crippen LogP) is 4.48. The average molecular weight is 388 g/mol. The number of benzene rings is 1. The van der Waals surface area contributed by atoms with E-state index in [1.807, 2.05) is 36.4 Å². The summed E-state index contributed by atoms with van der Waals surface area (Å²) >= 11 is 0. The number of rotatable bonds is 8. The van der Waals surface area contributed by atoms with Crippen molar-refractivity contribution < 1.29 is 14.3 Å². The maximum atomic E-state index is 10.8. The number of pyridine rings is 2. The minimum Gasteiger partial charge on any atom is -0.439 e. The molecule has 0 aliphatic heterocycles. The fourth-order valence-electron chi connectivity index (χ4n) is 2.94. The van der Waals surface area contributed by atoms with Crippen molar-refractivity contribution in [2.75, 3.05) is 6.61 Å². The zero-order valence-electron chi connectivity index (χ0n) is 16.0. The van der Waals surface area contributed by atoms with Crippen molar-refractivity contribution in [1.82, 2.24) is 19.7 Å². The van der Waals surface area contributed by atoms with Crippen molar-refractivity contribution in [3.05, 3.63) is 66.6 Å². The molecule has 4 aromatic rings. The number of fused-ring (bicyclic) bond motifs is 1. The molecule has 146 valence electrons. The zero-order valence-corrected chi connectivity index (χ0v) is 16.0. The SMILES string of the molecule is CCCOCn1nccc1-c1ccc(Oc2ccc3nc(C=O)ccc3c2)nc1. The van der Waals surface area contributed by atoms with Crippen LogP contribution in [-0.4, -0.2) is 32.6 Å². The van der Waals surface area contributed by atoms with Crippen LogP contribution in [0, 0.1) is 0 Å². The predicted molar refractivity (Wildman–Crippen MR) is 109 cm³/mol. The second kappa shape index (κ2) is 8.62. The highest BCUT2D eigenvalue weighted by Crippen LogP contribution is 2.26. The van der Waals surface area contributed by atoms with Crippen LogP contribution in [0.15, 0.2) is 60.9 Å². The van der Waals surface area contributed by atoms with Crippen LogP contribution in [0.3, 0.4) is 0 Å². The minimum absolute atomic E-state index is 0.405. The van der Waals surface area contributed by atoms with Crippen molar-refractivity contribution in [1.29, 1.82) is 0 Å². The van der Waals surface area contributed by atoms with Crippen LogP contribution in [0.25, 0.3) is 22.2 Å². The van der Waals surface area contributed by atoms with Gasteiger partial charge in [0, 0.05) is 36.0 Å². The summed E-state index contributed by atoms with van der Waals surface area (Å²) in [6.45, 7) is 3.18. The molecule has 3 heterocycles. The lowest BCUT2D eigenvalue weighted by Crippen LogP contribution is -2.06. The van der Waals surface area contributed by atoms with Crippen molar-refractivity contribution >= 4 is 17.2 Å². The van der Waals surface area contributed by atoms with Crippen molar-refractivity contribution in [3.63, 3.8) is 0 Å². The van der Waals surface area contributed by atoms with Crippen LogP contribution in [0.5, 0.6) is 11.6 Å². The van der Waals surface area contributed by atoms with E-state index in [0.29, 0.717) is 30.7 Å². The van der Waals surface area contributed by atoms with Gasteiger partial charge in [-0.2, -0.15) is 5.10 Å². The summed E-state index contributed by atoms with van der Waals surface area (Å²) in [6, 6.07) is 14.7. The van der Waals surface area contributed by atoms with E-state index in [9.17, 15) is 4.79 Å². The summed E-state index contributed by atoms with van der Waals surface area (Å²) in [7, 11) is 0. The Balaban J connectivity index is 1.49. The lowest BCUT2D eigenvalue weighted by Gasteiger charge is -2.09. The van der Waals surface area contributed by atoms with Gasteiger partial charge in [-0.1, -0.05) is 13.0 Å². The molecular weight excluding hydrogens is 368 g/mol. The first kappa shape index (κ1) is 18.8. The second-order valence-corrected chi connectivity index (χ2v) is 6.45. The molecule has 0 radical (unpaired) electrons. The number of hydrogen-bond donors (Lipinski definition) is 0. The Bertz CT molecular complexity index is 1120. The van der Waals surface area contributed by atoms with Gasteiger partial charge in [0.2, 0.25) is 5.88 Å². The molecule has 4 rings (SSSR count). The number of aromatic nitrogens is 4. The Labute approximate surface area is 167 Å². The highest BCUT2D eigenvalue weighted by atomic mass is 16.5. The van der Waals surface area contributed by atoms with E-state index in [-0.39, 0.29) is 0 Å². The van der Waals surface area contributed by atoms with E-state index < -0.39 is 0 Å². The number of carbonyl (C=O) groups is 1. The molecule has 0 bridgehead atoms. The Morgan fingerprint density at radius 1 is 1.10 bits per heavy atom. The van der Waals surface area contributed by atoms with Gasteiger partial charge in [-0.3, -0.25) is 4.79 Å². The first-order chi connectivity index (χ1) is 14.3. The van der Waals surface area contributed by atoms with Gasteiger partial charge in [-0.25, -0.2) is 14.6 Å². The summed E-state index contributed by atoms with van der Waals surface area (Å²) in [6.07, 6.45) is 5.19. The minimum atomic E-state index is 0.405. The van der Waals surface area contributed by atoms with Gasteiger partial charge in [-0.15, -0.1) is 0 Å². The van der Waals surface area contributed by atoms with Gasteiger partial charge in [0.25, 0.3) is 0 Å². The molecule has 0 fully saturated rings. The average Bonchev–Trinajstić information content (AvgIpc) is 3.22. The molecule has 0 unspecified atom stereocenters. The quantitative estimate of drug-likeness (QED) is 0.327. The summed E-state index contributed by atoms with van der Waals surface area (Å²) < 4.78 is 13.2. The Hall–Kier alpha value is -3.58. The Kier molecular flexibility index (Phi) is 5.58. The first-order valence-electron chi connectivity index (χ1n) is 9.36. The monoisotopic (exact) mass is 388 g/mol. The summed E-state index contributed by atoms with van der Waals surface area (Å²) in [5.41, 5.74) is 3.01. The van der Waals surface area contributed by atoms with E-state index in [4.69, 9.17) is 9.47 Å². The van der Waals surface area contributed by atoms with Gasteiger partial charge >= 0.3 is 0 Å². The summed E-state index contributed by atoms with van der Waals surface area (Å²) in [5, 5.41) is 5.19. The molecule has 0 N–H and O–H groups in total. The fourth-order valence-corrected chi connectivity index (χ4v) is 2.94. The standard InChI is InChI=1S/C22H20N4O3/c1-2-11-28-15-26-21(9-10-24-26)17-4-8-22(23-13-17)29-19-6-7-20-16(12-19)3-5-18(14-27)25-20/h3-10,12-14H,2,11,15H2,1H3. The van der Waals surface area contributed by atoms with Gasteiger partial charge in [-0.05, 0) is 42.8 Å². The maximum Gasteiger partial charge on any atom is 0.219 e. The molecule has 0 amide bonds. The van der Waals surface area contributed by atoms with E-state index >= 15 is 0 Å². The number of carbonyl (C=O) groups excluding carboxylic acids is 1. The first-order valence-corrected chi connectivity index (χ1v) is 9.36. The van der Waals surface area contributed by atoms with E-state index in [0.717, 1.165) is 34.9 Å². The molecule has 0 saturated carbocycles. The van der Waals surface area contributed by atoms with Crippen molar-refractivity contribution in [2.45, 2.75) is 20.1 Å². The Morgan fingerprint density at radius 2 is 2.03 bits per heavy atom. The number of aldehydes is 1. The van der Waals surface area contributed by atoms with Crippen LogP contribution < -0.4 is 4.74 Å².